The molecule has 0 aromatic rings. The number of hydrogen-bond donors (Lipinski definition) is 2. The highest BCUT2D eigenvalue weighted by atomic mass is 14.9. The van der Waals surface area contributed by atoms with Gasteiger partial charge in [-0.05, 0) is 39.0 Å². The molecule has 0 aromatic carbocycles. The van der Waals surface area contributed by atoms with Crippen molar-refractivity contribution in [3.05, 3.63) is 47.5 Å². The third-order valence-corrected chi connectivity index (χ3v) is 1.74. The van der Waals surface area contributed by atoms with Crippen LogP contribution in [0.25, 0.3) is 0 Å². The zero-order chi connectivity index (χ0) is 12.4. The zero-order valence-corrected chi connectivity index (χ0v) is 10.2. The standard InChI is InChI=1S/C14H20N2/c1-5-7-9-14(8-6-2)16-13(4)11-10-12(3)15/h2,5,7,9-11,16H,8,15H2,1,3-4H3/b7-5-,12-10+,13-11+,14-9+. The van der Waals surface area contributed by atoms with Crippen molar-refractivity contribution in [2.24, 2.45) is 5.73 Å². The van der Waals surface area contributed by atoms with Crippen molar-refractivity contribution < 1.29 is 0 Å². The van der Waals surface area contributed by atoms with Crippen LogP contribution in [0.2, 0.25) is 0 Å². The third-order valence-electron chi connectivity index (χ3n) is 1.74. The summed E-state index contributed by atoms with van der Waals surface area (Å²) in [6.45, 7) is 5.79. The number of allylic oxidation sites excluding steroid dienone is 8. The van der Waals surface area contributed by atoms with E-state index < -0.39 is 0 Å². The van der Waals surface area contributed by atoms with Crippen molar-refractivity contribution in [1.29, 1.82) is 0 Å². The third kappa shape index (κ3) is 7.52. The van der Waals surface area contributed by atoms with Crippen molar-refractivity contribution >= 4 is 0 Å². The monoisotopic (exact) mass is 216 g/mol. The second-order valence-electron chi connectivity index (χ2n) is 3.48. The van der Waals surface area contributed by atoms with Crippen LogP contribution in [0.5, 0.6) is 0 Å². The van der Waals surface area contributed by atoms with E-state index >= 15 is 0 Å². The van der Waals surface area contributed by atoms with Gasteiger partial charge in [-0.1, -0.05) is 12.2 Å². The fourth-order valence-corrected chi connectivity index (χ4v) is 1.02. The molecule has 0 radical (unpaired) electrons. The predicted octanol–water partition coefficient (Wildman–Crippen LogP) is 2.83. The summed E-state index contributed by atoms with van der Waals surface area (Å²) in [6, 6.07) is 0. The van der Waals surface area contributed by atoms with Gasteiger partial charge in [-0.2, -0.15) is 0 Å². The number of nitrogens with two attached hydrogens (primary N) is 1. The Morgan fingerprint density at radius 3 is 2.50 bits per heavy atom. The summed E-state index contributed by atoms with van der Waals surface area (Å²) in [5.74, 6) is 2.61. The lowest BCUT2D eigenvalue weighted by Crippen LogP contribution is -2.10. The van der Waals surface area contributed by atoms with E-state index in [1.54, 1.807) is 0 Å². The molecule has 0 aliphatic heterocycles. The van der Waals surface area contributed by atoms with E-state index in [0.29, 0.717) is 6.42 Å². The molecule has 0 aromatic heterocycles. The lowest BCUT2D eigenvalue weighted by Gasteiger charge is -2.07. The van der Waals surface area contributed by atoms with Crippen LogP contribution in [0.15, 0.2) is 47.5 Å². The first-order valence-corrected chi connectivity index (χ1v) is 5.23. The average Bonchev–Trinajstić information content (AvgIpc) is 2.23. The first-order chi connectivity index (χ1) is 7.60. The van der Waals surface area contributed by atoms with Gasteiger partial charge in [-0.15, -0.1) is 12.3 Å². The van der Waals surface area contributed by atoms with E-state index in [-0.39, 0.29) is 0 Å². The summed E-state index contributed by atoms with van der Waals surface area (Å²) in [5, 5.41) is 3.24. The smallest absolute Gasteiger partial charge is 0.0489 e. The van der Waals surface area contributed by atoms with Crippen molar-refractivity contribution in [3.63, 3.8) is 0 Å². The van der Waals surface area contributed by atoms with Gasteiger partial charge in [-0.25, -0.2) is 0 Å². The van der Waals surface area contributed by atoms with Crippen molar-refractivity contribution in [3.8, 4) is 12.3 Å². The quantitative estimate of drug-likeness (QED) is 0.548. The van der Waals surface area contributed by atoms with Gasteiger partial charge in [0.25, 0.3) is 0 Å². The minimum atomic E-state index is 0.584. The van der Waals surface area contributed by atoms with Crippen LogP contribution in [-0.4, -0.2) is 0 Å². The Morgan fingerprint density at radius 1 is 1.31 bits per heavy atom. The summed E-state index contributed by atoms with van der Waals surface area (Å²) in [7, 11) is 0. The Bertz CT molecular complexity index is 359. The van der Waals surface area contributed by atoms with Gasteiger partial charge in [0.2, 0.25) is 0 Å². The maximum atomic E-state index is 5.54. The summed E-state index contributed by atoms with van der Waals surface area (Å²) in [4.78, 5) is 0. The Morgan fingerprint density at radius 2 is 2.00 bits per heavy atom. The van der Waals surface area contributed by atoms with Gasteiger partial charge in [0.15, 0.2) is 0 Å². The Hall–Kier alpha value is -1.88. The lowest BCUT2D eigenvalue weighted by atomic mass is 10.2. The maximum Gasteiger partial charge on any atom is 0.0489 e. The number of rotatable bonds is 5. The molecule has 0 aliphatic carbocycles. The van der Waals surface area contributed by atoms with Gasteiger partial charge in [0.05, 0.1) is 0 Å². The lowest BCUT2D eigenvalue weighted by molar-refractivity contribution is 0.934. The Kier molecular flexibility index (Phi) is 7.44. The first kappa shape index (κ1) is 14.1. The fraction of sp³-hybridized carbons (Fsp3) is 0.286. The van der Waals surface area contributed by atoms with Gasteiger partial charge in [0.1, 0.15) is 0 Å². The number of hydrogen-bond acceptors (Lipinski definition) is 2. The molecular weight excluding hydrogens is 196 g/mol. The van der Waals surface area contributed by atoms with E-state index in [0.717, 1.165) is 17.1 Å². The minimum absolute atomic E-state index is 0.584. The van der Waals surface area contributed by atoms with Crippen LogP contribution in [0, 0.1) is 12.3 Å². The van der Waals surface area contributed by atoms with Crippen LogP contribution >= 0.6 is 0 Å². The molecule has 0 saturated heterocycles. The highest BCUT2D eigenvalue weighted by molar-refractivity contribution is 5.22. The molecule has 0 fully saturated rings. The molecule has 0 atom stereocenters. The van der Waals surface area contributed by atoms with E-state index in [1.807, 2.05) is 51.2 Å². The van der Waals surface area contributed by atoms with Crippen LogP contribution in [0.3, 0.4) is 0 Å². The van der Waals surface area contributed by atoms with Gasteiger partial charge in [0, 0.05) is 23.5 Å². The first-order valence-electron chi connectivity index (χ1n) is 5.23. The molecule has 0 bridgehead atoms. The topological polar surface area (TPSA) is 38.0 Å². The molecule has 86 valence electrons. The van der Waals surface area contributed by atoms with Gasteiger partial charge in [-0.3, -0.25) is 0 Å². The van der Waals surface area contributed by atoms with Crippen LogP contribution in [0.1, 0.15) is 27.2 Å². The van der Waals surface area contributed by atoms with Gasteiger partial charge < -0.3 is 11.1 Å². The summed E-state index contributed by atoms with van der Waals surface area (Å²) in [6.07, 6.45) is 15.5. The van der Waals surface area contributed by atoms with Crippen LogP contribution in [0.4, 0.5) is 0 Å². The minimum Gasteiger partial charge on any atom is -0.402 e. The van der Waals surface area contributed by atoms with E-state index in [1.165, 1.54) is 0 Å². The van der Waals surface area contributed by atoms with Crippen LogP contribution in [-0.2, 0) is 0 Å². The van der Waals surface area contributed by atoms with Gasteiger partial charge >= 0.3 is 0 Å². The molecule has 2 heteroatoms. The summed E-state index contributed by atoms with van der Waals surface area (Å²) < 4.78 is 0. The van der Waals surface area contributed by atoms with Crippen molar-refractivity contribution in [1.82, 2.24) is 5.32 Å². The molecule has 0 amide bonds. The Balaban J connectivity index is 4.58. The molecule has 2 nitrogen and oxygen atoms in total. The summed E-state index contributed by atoms with van der Waals surface area (Å²) in [5.41, 5.74) is 8.32. The molecule has 0 spiro atoms. The van der Waals surface area contributed by atoms with Crippen LogP contribution < -0.4 is 11.1 Å². The van der Waals surface area contributed by atoms with E-state index in [9.17, 15) is 0 Å². The number of terminal acetylenes is 1. The largest absolute Gasteiger partial charge is 0.402 e. The molecule has 0 rings (SSSR count). The molecular formula is C14H20N2. The molecule has 3 N–H and O–H groups in total. The second-order valence-corrected chi connectivity index (χ2v) is 3.48. The van der Waals surface area contributed by atoms with E-state index in [4.69, 9.17) is 12.2 Å². The van der Waals surface area contributed by atoms with Crippen molar-refractivity contribution in [2.75, 3.05) is 0 Å². The normalized spacial score (nSPS) is 14.0. The fourth-order valence-electron chi connectivity index (χ4n) is 1.02. The second kappa shape index (κ2) is 8.43. The zero-order valence-electron chi connectivity index (χ0n) is 10.2. The predicted molar refractivity (Wildman–Crippen MR) is 71.2 cm³/mol. The summed E-state index contributed by atoms with van der Waals surface area (Å²) >= 11 is 0. The highest BCUT2D eigenvalue weighted by Crippen LogP contribution is 2.01. The SMILES string of the molecule is C#CC/C(=C\C=C/C)N/C(C)=C/C=C(\C)N. The maximum absolute atomic E-state index is 5.54. The molecule has 16 heavy (non-hydrogen) atoms. The van der Waals surface area contributed by atoms with E-state index in [2.05, 4.69) is 11.2 Å². The molecule has 0 saturated carbocycles. The van der Waals surface area contributed by atoms with Crippen molar-refractivity contribution in [2.45, 2.75) is 27.2 Å². The molecule has 0 aliphatic rings. The number of nitrogens with one attached hydrogen (secondary N) is 1. The Labute approximate surface area is 98.6 Å². The highest BCUT2D eigenvalue weighted by Gasteiger charge is 1.93. The molecule has 0 heterocycles. The molecule has 0 unspecified atom stereocenters. The average molecular weight is 216 g/mol.